The Bertz CT molecular complexity index is 638. The Morgan fingerprint density at radius 2 is 1.90 bits per heavy atom. The van der Waals surface area contributed by atoms with Crippen LogP contribution in [0.25, 0.3) is 6.08 Å². The molecule has 0 bridgehead atoms. The predicted octanol–water partition coefficient (Wildman–Crippen LogP) is 3.08. The zero-order chi connectivity index (χ0) is 14.5. The fraction of sp³-hybridized carbons (Fsp3) is 0.0625. The van der Waals surface area contributed by atoms with Crippen LogP contribution in [-0.2, 0) is 4.79 Å². The van der Waals surface area contributed by atoms with Crippen LogP contribution < -0.4 is 10.6 Å². The average molecular weight is 270 g/mol. The molecule has 20 heavy (non-hydrogen) atoms. The average Bonchev–Trinajstić information content (AvgIpc) is 2.48. The van der Waals surface area contributed by atoms with Crippen LogP contribution in [0.5, 0.6) is 0 Å². The lowest BCUT2D eigenvalue weighted by Crippen LogP contribution is -2.23. The first-order valence-electron chi connectivity index (χ1n) is 6.14. The lowest BCUT2D eigenvalue weighted by atomic mass is 10.2. The van der Waals surface area contributed by atoms with E-state index in [9.17, 15) is 9.18 Å². The lowest BCUT2D eigenvalue weighted by molar-refractivity contribution is -0.113. The molecule has 2 N–H and O–H groups in total. The van der Waals surface area contributed by atoms with Crippen molar-refractivity contribution in [3.8, 4) is 0 Å². The van der Waals surface area contributed by atoms with E-state index in [-0.39, 0.29) is 11.6 Å². The van der Waals surface area contributed by atoms with Crippen LogP contribution in [0, 0.1) is 5.82 Å². The summed E-state index contributed by atoms with van der Waals surface area (Å²) in [6, 6.07) is 13.6. The second-order valence-corrected chi connectivity index (χ2v) is 4.35. The minimum Gasteiger partial charge on any atom is -0.396 e. The number of benzene rings is 2. The van der Waals surface area contributed by atoms with Crippen molar-refractivity contribution in [3.05, 3.63) is 66.0 Å². The maximum absolute atomic E-state index is 13.0. The van der Waals surface area contributed by atoms with Crippen LogP contribution in [-0.4, -0.2) is 13.0 Å². The minimum atomic E-state index is -0.463. The number of hydrogen-bond donors (Lipinski definition) is 1. The quantitative estimate of drug-likeness (QED) is 0.688. The monoisotopic (exact) mass is 270 g/mol. The zero-order valence-electron chi connectivity index (χ0n) is 11.1. The Morgan fingerprint density at radius 3 is 2.55 bits per heavy atom. The highest BCUT2D eigenvalue weighted by Gasteiger charge is 2.06. The zero-order valence-corrected chi connectivity index (χ0v) is 11.1. The summed E-state index contributed by atoms with van der Waals surface area (Å²) in [7, 11) is 1.70. The van der Waals surface area contributed by atoms with Gasteiger partial charge >= 0.3 is 0 Å². The summed E-state index contributed by atoms with van der Waals surface area (Å²) < 4.78 is 13.0. The number of amides is 1. The molecule has 0 saturated heterocycles. The molecule has 0 radical (unpaired) electrons. The van der Waals surface area contributed by atoms with Gasteiger partial charge in [0.1, 0.15) is 5.82 Å². The molecule has 0 aliphatic heterocycles. The van der Waals surface area contributed by atoms with E-state index in [1.54, 1.807) is 19.2 Å². The van der Waals surface area contributed by atoms with Gasteiger partial charge in [-0.2, -0.15) is 0 Å². The van der Waals surface area contributed by atoms with E-state index in [4.69, 9.17) is 5.73 Å². The minimum absolute atomic E-state index is 0.0658. The second-order valence-electron chi connectivity index (χ2n) is 4.35. The molecule has 1 amide bonds. The summed E-state index contributed by atoms with van der Waals surface area (Å²) >= 11 is 0. The normalized spacial score (nSPS) is 10.7. The second kappa shape index (κ2) is 6.02. The Labute approximate surface area is 117 Å². The van der Waals surface area contributed by atoms with Crippen molar-refractivity contribution in [2.24, 2.45) is 0 Å². The van der Waals surface area contributed by atoms with E-state index >= 15 is 0 Å². The molecule has 0 aromatic heterocycles. The van der Waals surface area contributed by atoms with Gasteiger partial charge in [-0.15, -0.1) is 0 Å². The molecule has 0 saturated carbocycles. The van der Waals surface area contributed by atoms with Gasteiger partial charge in [-0.05, 0) is 35.9 Å². The molecule has 2 aromatic carbocycles. The Kier molecular flexibility index (Phi) is 4.15. The number of nitrogens with zero attached hydrogens (tertiary/aromatic N) is 1. The third kappa shape index (κ3) is 3.23. The fourth-order valence-electron chi connectivity index (χ4n) is 1.72. The molecular weight excluding hydrogens is 255 g/mol. The molecule has 0 aliphatic carbocycles. The number of nitrogens with two attached hydrogens (primary N) is 1. The van der Waals surface area contributed by atoms with Gasteiger partial charge in [0, 0.05) is 18.8 Å². The van der Waals surface area contributed by atoms with Gasteiger partial charge in [0.05, 0.1) is 5.69 Å². The third-order valence-corrected chi connectivity index (χ3v) is 2.91. The van der Waals surface area contributed by atoms with Crippen molar-refractivity contribution >= 4 is 23.4 Å². The first kappa shape index (κ1) is 13.8. The number of hydrogen-bond acceptors (Lipinski definition) is 2. The Hall–Kier alpha value is -2.62. The first-order valence-corrected chi connectivity index (χ1v) is 6.14. The molecule has 2 aromatic rings. The van der Waals surface area contributed by atoms with Crippen molar-refractivity contribution in [1.82, 2.24) is 0 Å². The van der Waals surface area contributed by atoms with Crippen molar-refractivity contribution in [1.29, 1.82) is 0 Å². The number of para-hydroxylation sites is 1. The van der Waals surface area contributed by atoms with Gasteiger partial charge in [0.25, 0.3) is 5.91 Å². The number of carbonyl (C=O) groups is 1. The molecule has 0 spiro atoms. The number of likely N-dealkylation sites (N-methyl/N-ethyl adjacent to an activating group) is 1. The largest absolute Gasteiger partial charge is 0.396 e. The molecule has 0 fully saturated rings. The van der Waals surface area contributed by atoms with E-state index in [1.807, 2.05) is 30.3 Å². The van der Waals surface area contributed by atoms with Gasteiger partial charge < -0.3 is 10.6 Å². The van der Waals surface area contributed by atoms with Crippen LogP contribution in [0.2, 0.25) is 0 Å². The summed E-state index contributed by atoms with van der Waals surface area (Å²) in [6.07, 6.45) is 3.04. The highest BCUT2D eigenvalue weighted by molar-refractivity contribution is 6.03. The highest BCUT2D eigenvalue weighted by Crippen LogP contribution is 2.15. The molecule has 0 heterocycles. The fourth-order valence-corrected chi connectivity index (χ4v) is 1.72. The first-order chi connectivity index (χ1) is 9.58. The number of halogens is 1. The molecule has 0 unspecified atom stereocenters. The number of anilines is 2. The van der Waals surface area contributed by atoms with Crippen molar-refractivity contribution in [2.75, 3.05) is 17.7 Å². The Morgan fingerprint density at radius 1 is 1.20 bits per heavy atom. The topological polar surface area (TPSA) is 46.3 Å². The van der Waals surface area contributed by atoms with Gasteiger partial charge in [-0.1, -0.05) is 24.3 Å². The van der Waals surface area contributed by atoms with Crippen LogP contribution in [0.4, 0.5) is 15.8 Å². The van der Waals surface area contributed by atoms with Crippen LogP contribution in [0.1, 0.15) is 5.56 Å². The van der Waals surface area contributed by atoms with E-state index < -0.39 is 5.82 Å². The molecule has 3 nitrogen and oxygen atoms in total. The maximum Gasteiger partial charge on any atom is 0.250 e. The summed E-state index contributed by atoms with van der Waals surface area (Å²) in [5, 5.41) is 0. The van der Waals surface area contributed by atoms with Crippen LogP contribution >= 0.6 is 0 Å². The van der Waals surface area contributed by atoms with E-state index in [2.05, 4.69) is 0 Å². The van der Waals surface area contributed by atoms with Gasteiger partial charge in [-0.25, -0.2) is 4.39 Å². The number of nitrogen functional groups attached to an aromatic ring is 1. The molecule has 2 rings (SSSR count). The molecule has 0 aliphatic rings. The lowest BCUT2D eigenvalue weighted by Gasteiger charge is -2.14. The van der Waals surface area contributed by atoms with Gasteiger partial charge in [0.15, 0.2) is 0 Å². The van der Waals surface area contributed by atoms with Crippen molar-refractivity contribution in [2.45, 2.75) is 0 Å². The van der Waals surface area contributed by atoms with Crippen LogP contribution in [0.3, 0.4) is 0 Å². The summed E-state index contributed by atoms with van der Waals surface area (Å²) in [6.45, 7) is 0. The van der Waals surface area contributed by atoms with E-state index in [0.29, 0.717) is 5.56 Å². The SMILES string of the molecule is CN(C(=O)/C=C/c1ccc(F)c(N)c1)c1ccccc1. The number of carbonyl (C=O) groups excluding carboxylic acids is 1. The van der Waals surface area contributed by atoms with Crippen molar-refractivity contribution in [3.63, 3.8) is 0 Å². The smallest absolute Gasteiger partial charge is 0.250 e. The highest BCUT2D eigenvalue weighted by atomic mass is 19.1. The molecule has 0 atom stereocenters. The summed E-state index contributed by atoms with van der Waals surface area (Å²) in [5.41, 5.74) is 7.03. The summed E-state index contributed by atoms with van der Waals surface area (Å²) in [5.74, 6) is -0.631. The number of rotatable bonds is 3. The standard InChI is InChI=1S/C16H15FN2O/c1-19(13-5-3-2-4-6-13)16(20)10-8-12-7-9-14(17)15(18)11-12/h2-11H,18H2,1H3/b10-8+. The Balaban J connectivity index is 2.11. The summed E-state index contributed by atoms with van der Waals surface area (Å²) in [4.78, 5) is 13.5. The van der Waals surface area contributed by atoms with Crippen molar-refractivity contribution < 1.29 is 9.18 Å². The van der Waals surface area contributed by atoms with Crippen LogP contribution in [0.15, 0.2) is 54.6 Å². The third-order valence-electron chi connectivity index (χ3n) is 2.91. The molecule has 4 heteroatoms. The van der Waals surface area contributed by atoms with Gasteiger partial charge in [0.2, 0.25) is 0 Å². The molecular formula is C16H15FN2O. The maximum atomic E-state index is 13.0. The predicted molar refractivity (Wildman–Crippen MR) is 79.7 cm³/mol. The molecule has 102 valence electrons. The van der Waals surface area contributed by atoms with E-state index in [1.165, 1.54) is 23.1 Å². The van der Waals surface area contributed by atoms with E-state index in [0.717, 1.165) is 5.69 Å². The van der Waals surface area contributed by atoms with Gasteiger partial charge in [-0.3, -0.25) is 4.79 Å².